The lowest BCUT2D eigenvalue weighted by atomic mass is 9.98. The van der Waals surface area contributed by atoms with Crippen molar-refractivity contribution < 1.29 is 9.59 Å². The lowest BCUT2D eigenvalue weighted by molar-refractivity contribution is -0.104. The zero-order valence-electron chi connectivity index (χ0n) is 12.0. The van der Waals surface area contributed by atoms with Gasteiger partial charge >= 0.3 is 0 Å². The maximum Gasteiger partial charge on any atom is 0.166 e. The number of carbonyl (C=O) groups is 2. The van der Waals surface area contributed by atoms with Crippen molar-refractivity contribution in [3.8, 4) is 0 Å². The lowest BCUT2D eigenvalue weighted by Gasteiger charge is -2.27. The van der Waals surface area contributed by atoms with Crippen LogP contribution in [0.2, 0.25) is 0 Å². The number of aryl methyl sites for hydroxylation is 1. The third-order valence-electron chi connectivity index (χ3n) is 4.00. The molecule has 0 N–H and O–H groups in total. The van der Waals surface area contributed by atoms with Crippen LogP contribution in [-0.2, 0) is 11.8 Å². The quantitative estimate of drug-likeness (QED) is 0.812. The molecule has 0 saturated carbocycles. The largest absolute Gasteiger partial charge is 0.369 e. The smallest absolute Gasteiger partial charge is 0.166 e. The van der Waals surface area contributed by atoms with E-state index in [1.807, 2.05) is 53.9 Å². The Bertz CT molecular complexity index is 783. The van der Waals surface area contributed by atoms with E-state index in [0.29, 0.717) is 11.3 Å². The first-order chi connectivity index (χ1) is 10.2. The van der Waals surface area contributed by atoms with Gasteiger partial charge in [-0.3, -0.25) is 9.59 Å². The molecule has 1 aromatic carbocycles. The molecule has 0 radical (unpaired) electrons. The van der Waals surface area contributed by atoms with Crippen molar-refractivity contribution in [3.05, 3.63) is 59.4 Å². The topological polar surface area (TPSA) is 42.3 Å². The number of carbonyl (C=O) groups excluding carboxylic acids is 2. The number of benzene rings is 1. The molecule has 1 atom stereocenters. The minimum absolute atomic E-state index is 0.0556. The average molecular weight is 280 g/mol. The molecule has 1 aromatic heterocycles. The van der Waals surface area contributed by atoms with Crippen molar-refractivity contribution >= 4 is 23.5 Å². The van der Waals surface area contributed by atoms with Crippen molar-refractivity contribution in [3.63, 3.8) is 0 Å². The highest BCUT2D eigenvalue weighted by molar-refractivity contribution is 5.94. The number of rotatable bonds is 3. The van der Waals surface area contributed by atoms with Crippen LogP contribution in [0.1, 0.15) is 22.1 Å². The summed E-state index contributed by atoms with van der Waals surface area (Å²) < 4.78 is 1.91. The van der Waals surface area contributed by atoms with Gasteiger partial charge in [-0.05, 0) is 6.07 Å². The maximum absolute atomic E-state index is 11.6. The Morgan fingerprint density at radius 1 is 1.10 bits per heavy atom. The fourth-order valence-corrected chi connectivity index (χ4v) is 2.96. The Balaban J connectivity index is 2.22. The van der Waals surface area contributed by atoms with Crippen LogP contribution in [0, 0.1) is 0 Å². The molecule has 0 aliphatic carbocycles. The minimum atomic E-state index is -0.0556. The third kappa shape index (κ3) is 2.00. The standard InChI is InChI=1S/C17H16N2O2/c1-18-9-12(10-20)7-8-15(18)17-13-5-3-4-6-14(13)19(2)16(17)11-21/h3-11,15H,1-2H3. The van der Waals surface area contributed by atoms with E-state index in [9.17, 15) is 9.59 Å². The van der Waals surface area contributed by atoms with E-state index in [-0.39, 0.29) is 6.04 Å². The van der Waals surface area contributed by atoms with Crippen molar-refractivity contribution in [2.75, 3.05) is 7.05 Å². The lowest BCUT2D eigenvalue weighted by Crippen LogP contribution is -2.21. The number of hydrogen-bond acceptors (Lipinski definition) is 3. The number of nitrogens with zero attached hydrogens (tertiary/aromatic N) is 2. The van der Waals surface area contributed by atoms with Crippen LogP contribution >= 0.6 is 0 Å². The monoisotopic (exact) mass is 280 g/mol. The van der Waals surface area contributed by atoms with E-state index in [4.69, 9.17) is 0 Å². The molecule has 4 nitrogen and oxygen atoms in total. The van der Waals surface area contributed by atoms with Gasteiger partial charge in [0.15, 0.2) is 12.6 Å². The van der Waals surface area contributed by atoms with E-state index >= 15 is 0 Å². The Kier molecular flexibility index (Phi) is 3.22. The van der Waals surface area contributed by atoms with Gasteiger partial charge in [0.1, 0.15) is 0 Å². The van der Waals surface area contributed by atoms with E-state index in [1.54, 1.807) is 12.3 Å². The maximum atomic E-state index is 11.6. The average Bonchev–Trinajstić information content (AvgIpc) is 2.80. The first-order valence-corrected chi connectivity index (χ1v) is 6.77. The molecule has 1 aliphatic heterocycles. The van der Waals surface area contributed by atoms with E-state index in [2.05, 4.69) is 0 Å². The van der Waals surface area contributed by atoms with Gasteiger partial charge < -0.3 is 9.47 Å². The van der Waals surface area contributed by atoms with Gasteiger partial charge in [0.05, 0.1) is 11.7 Å². The highest BCUT2D eigenvalue weighted by atomic mass is 16.1. The summed E-state index contributed by atoms with van der Waals surface area (Å²) in [5, 5.41) is 1.06. The van der Waals surface area contributed by atoms with Crippen LogP contribution in [0.5, 0.6) is 0 Å². The van der Waals surface area contributed by atoms with E-state index in [1.165, 1.54) is 0 Å². The number of hydrogen-bond donors (Lipinski definition) is 0. The molecule has 106 valence electrons. The molecule has 21 heavy (non-hydrogen) atoms. The second-order valence-corrected chi connectivity index (χ2v) is 5.21. The predicted octanol–water partition coefficient (Wildman–Crippen LogP) is 2.62. The molecule has 2 aromatic rings. The zero-order valence-corrected chi connectivity index (χ0v) is 12.0. The van der Waals surface area contributed by atoms with Crippen LogP contribution < -0.4 is 0 Å². The van der Waals surface area contributed by atoms with Crippen molar-refractivity contribution in [1.82, 2.24) is 9.47 Å². The van der Waals surface area contributed by atoms with Crippen molar-refractivity contribution in [2.24, 2.45) is 7.05 Å². The summed E-state index contributed by atoms with van der Waals surface area (Å²) in [7, 11) is 3.81. The SMILES string of the molecule is CN1C=C(C=O)C=CC1c1c(C=O)n(C)c2ccccc12. The molecule has 0 spiro atoms. The minimum Gasteiger partial charge on any atom is -0.369 e. The van der Waals surface area contributed by atoms with Gasteiger partial charge in [0.2, 0.25) is 0 Å². The molecule has 0 bridgehead atoms. The van der Waals surface area contributed by atoms with Gasteiger partial charge in [-0.25, -0.2) is 0 Å². The van der Waals surface area contributed by atoms with Gasteiger partial charge in [-0.15, -0.1) is 0 Å². The first-order valence-electron chi connectivity index (χ1n) is 6.77. The molecular formula is C17H16N2O2. The van der Waals surface area contributed by atoms with Crippen LogP contribution in [-0.4, -0.2) is 29.1 Å². The number of fused-ring (bicyclic) bond motifs is 1. The summed E-state index contributed by atoms with van der Waals surface area (Å²) in [4.78, 5) is 24.4. The summed E-state index contributed by atoms with van der Waals surface area (Å²) in [6.07, 6.45) is 7.28. The highest BCUT2D eigenvalue weighted by Crippen LogP contribution is 2.35. The van der Waals surface area contributed by atoms with Crippen LogP contribution in [0.25, 0.3) is 10.9 Å². The van der Waals surface area contributed by atoms with Gasteiger partial charge in [0.25, 0.3) is 0 Å². The van der Waals surface area contributed by atoms with Crippen LogP contribution in [0.3, 0.4) is 0 Å². The first kappa shape index (κ1) is 13.4. The molecule has 0 fully saturated rings. The molecule has 0 amide bonds. The molecule has 1 aliphatic rings. The van der Waals surface area contributed by atoms with E-state index in [0.717, 1.165) is 29.0 Å². The van der Waals surface area contributed by atoms with Gasteiger partial charge in [-0.1, -0.05) is 30.4 Å². The second kappa shape index (κ2) is 5.05. The number of allylic oxidation sites excluding steroid dienone is 2. The summed E-state index contributed by atoms with van der Waals surface area (Å²) in [5.41, 5.74) is 3.30. The Labute approximate surface area is 123 Å². The fraction of sp³-hybridized carbons (Fsp3) is 0.176. The zero-order chi connectivity index (χ0) is 15.0. The summed E-state index contributed by atoms with van der Waals surface area (Å²) in [5.74, 6) is 0. The number of aromatic nitrogens is 1. The number of likely N-dealkylation sites (N-methyl/N-ethyl adjacent to an activating group) is 1. The van der Waals surface area contributed by atoms with Crippen molar-refractivity contribution in [1.29, 1.82) is 0 Å². The fourth-order valence-electron chi connectivity index (χ4n) is 2.96. The number of para-hydroxylation sites is 1. The molecule has 2 heterocycles. The Morgan fingerprint density at radius 2 is 1.86 bits per heavy atom. The van der Waals surface area contributed by atoms with Gasteiger partial charge in [0, 0.05) is 42.3 Å². The summed E-state index contributed by atoms with van der Waals surface area (Å²) >= 11 is 0. The molecule has 4 heteroatoms. The predicted molar refractivity (Wildman–Crippen MR) is 82.1 cm³/mol. The van der Waals surface area contributed by atoms with E-state index < -0.39 is 0 Å². The van der Waals surface area contributed by atoms with Crippen LogP contribution in [0.4, 0.5) is 0 Å². The Hall–Kier alpha value is -2.62. The highest BCUT2D eigenvalue weighted by Gasteiger charge is 2.24. The number of aldehydes is 2. The molecule has 1 unspecified atom stereocenters. The molecule has 3 rings (SSSR count). The van der Waals surface area contributed by atoms with Crippen LogP contribution in [0.15, 0.2) is 48.2 Å². The van der Waals surface area contributed by atoms with Gasteiger partial charge in [-0.2, -0.15) is 0 Å². The third-order valence-corrected chi connectivity index (χ3v) is 4.00. The Morgan fingerprint density at radius 3 is 2.52 bits per heavy atom. The normalized spacial score (nSPS) is 17.9. The van der Waals surface area contributed by atoms with Crippen molar-refractivity contribution in [2.45, 2.75) is 6.04 Å². The molecular weight excluding hydrogens is 264 g/mol. The summed E-state index contributed by atoms with van der Waals surface area (Å²) in [6.45, 7) is 0. The molecule has 0 saturated heterocycles. The second-order valence-electron chi connectivity index (χ2n) is 5.21. The summed E-state index contributed by atoms with van der Waals surface area (Å²) in [6, 6.07) is 7.91.